The van der Waals surface area contributed by atoms with Crippen LogP contribution in [0.2, 0.25) is 0 Å². The Morgan fingerprint density at radius 1 is 1.40 bits per heavy atom. The van der Waals surface area contributed by atoms with Crippen LogP contribution in [0.5, 0.6) is 0 Å². The molecule has 4 heteroatoms. The van der Waals surface area contributed by atoms with E-state index in [0.29, 0.717) is 6.54 Å². The van der Waals surface area contributed by atoms with Crippen LogP contribution in [0.15, 0.2) is 0 Å². The molecule has 0 aromatic rings. The van der Waals surface area contributed by atoms with Crippen molar-refractivity contribution < 1.29 is 14.9 Å². The first-order valence-corrected chi connectivity index (χ1v) is 5.60. The van der Waals surface area contributed by atoms with Crippen LogP contribution in [0.4, 0.5) is 0 Å². The summed E-state index contributed by atoms with van der Waals surface area (Å²) in [5.41, 5.74) is -0.499. The Morgan fingerprint density at radius 3 is 2.53 bits per heavy atom. The molecule has 1 fully saturated rings. The van der Waals surface area contributed by atoms with E-state index in [9.17, 15) is 0 Å². The van der Waals surface area contributed by atoms with E-state index in [2.05, 4.69) is 12.2 Å². The van der Waals surface area contributed by atoms with Gasteiger partial charge in [0.1, 0.15) is 0 Å². The highest BCUT2D eigenvalue weighted by Gasteiger charge is 2.30. The zero-order valence-electron chi connectivity index (χ0n) is 9.75. The second kappa shape index (κ2) is 5.25. The Labute approximate surface area is 91.6 Å². The van der Waals surface area contributed by atoms with Gasteiger partial charge in [0, 0.05) is 25.1 Å². The number of hydrogen-bond acceptors (Lipinski definition) is 4. The molecule has 0 aromatic carbocycles. The van der Waals surface area contributed by atoms with Crippen molar-refractivity contribution in [3.8, 4) is 0 Å². The number of aliphatic hydroxyl groups excluding tert-OH is 2. The van der Waals surface area contributed by atoms with Crippen molar-refractivity contribution >= 4 is 0 Å². The molecule has 1 saturated heterocycles. The lowest BCUT2D eigenvalue weighted by Gasteiger charge is -2.29. The lowest BCUT2D eigenvalue weighted by atomic mass is 9.92. The van der Waals surface area contributed by atoms with Crippen molar-refractivity contribution in [2.45, 2.75) is 32.3 Å². The average molecular weight is 217 g/mol. The summed E-state index contributed by atoms with van der Waals surface area (Å²) in [5, 5.41) is 21.5. The molecule has 1 atom stereocenters. The molecule has 1 aliphatic heterocycles. The van der Waals surface area contributed by atoms with Crippen molar-refractivity contribution in [3.63, 3.8) is 0 Å². The fourth-order valence-electron chi connectivity index (χ4n) is 1.77. The molecule has 90 valence electrons. The van der Waals surface area contributed by atoms with E-state index in [1.165, 1.54) is 0 Å². The van der Waals surface area contributed by atoms with Gasteiger partial charge < -0.3 is 20.3 Å². The molecule has 0 saturated carbocycles. The normalized spacial score (nSPS) is 27.2. The lowest BCUT2D eigenvalue weighted by Crippen LogP contribution is -2.44. The first-order chi connectivity index (χ1) is 7.04. The maximum atomic E-state index is 9.11. The van der Waals surface area contributed by atoms with Gasteiger partial charge in [-0.15, -0.1) is 0 Å². The van der Waals surface area contributed by atoms with E-state index < -0.39 is 5.41 Å². The number of ether oxygens (including phenoxy) is 1. The third kappa shape index (κ3) is 3.72. The smallest absolute Gasteiger partial charge is 0.0779 e. The molecule has 15 heavy (non-hydrogen) atoms. The van der Waals surface area contributed by atoms with Crippen molar-refractivity contribution in [2.75, 3.05) is 32.9 Å². The molecule has 1 aliphatic rings. The molecule has 0 radical (unpaired) electrons. The first kappa shape index (κ1) is 12.9. The summed E-state index contributed by atoms with van der Waals surface area (Å²) in [6.45, 7) is 6.18. The van der Waals surface area contributed by atoms with Crippen LogP contribution in [-0.2, 0) is 4.74 Å². The fraction of sp³-hybridized carbons (Fsp3) is 1.00. The predicted octanol–water partition coefficient (Wildman–Crippen LogP) is 0.136. The van der Waals surface area contributed by atoms with Crippen LogP contribution in [-0.4, -0.2) is 48.7 Å². The standard InChI is InChI=1S/C11H23NO3/c1-10(8-13,9-14)6-12-7-11(2)4-3-5-15-11/h12-14H,3-9H2,1-2H3. The number of nitrogens with one attached hydrogen (secondary N) is 1. The third-order valence-electron chi connectivity index (χ3n) is 3.11. The molecule has 1 heterocycles. The van der Waals surface area contributed by atoms with Crippen molar-refractivity contribution in [2.24, 2.45) is 5.41 Å². The summed E-state index contributed by atoms with van der Waals surface area (Å²) in [5.74, 6) is 0. The molecule has 0 aliphatic carbocycles. The summed E-state index contributed by atoms with van der Waals surface area (Å²) >= 11 is 0. The van der Waals surface area contributed by atoms with Gasteiger partial charge in [-0.1, -0.05) is 6.92 Å². The Balaban J connectivity index is 2.25. The van der Waals surface area contributed by atoms with E-state index in [4.69, 9.17) is 14.9 Å². The highest BCUT2D eigenvalue weighted by molar-refractivity contribution is 4.84. The molecule has 0 spiro atoms. The van der Waals surface area contributed by atoms with Gasteiger partial charge in [0.25, 0.3) is 0 Å². The number of aliphatic hydroxyl groups is 2. The Kier molecular flexibility index (Phi) is 4.52. The maximum absolute atomic E-state index is 9.11. The highest BCUT2D eigenvalue weighted by Crippen LogP contribution is 2.24. The molecule has 0 aromatic heterocycles. The summed E-state index contributed by atoms with van der Waals surface area (Å²) < 4.78 is 5.63. The average Bonchev–Trinajstić information content (AvgIpc) is 2.65. The van der Waals surface area contributed by atoms with Gasteiger partial charge in [0.2, 0.25) is 0 Å². The summed E-state index contributed by atoms with van der Waals surface area (Å²) in [7, 11) is 0. The van der Waals surface area contributed by atoms with E-state index in [1.807, 2.05) is 6.92 Å². The molecule has 1 unspecified atom stereocenters. The van der Waals surface area contributed by atoms with Gasteiger partial charge in [-0.2, -0.15) is 0 Å². The summed E-state index contributed by atoms with van der Waals surface area (Å²) in [6, 6.07) is 0. The largest absolute Gasteiger partial charge is 0.396 e. The first-order valence-electron chi connectivity index (χ1n) is 5.60. The number of rotatable bonds is 6. The van der Waals surface area contributed by atoms with Crippen molar-refractivity contribution in [1.29, 1.82) is 0 Å². The summed E-state index contributed by atoms with van der Waals surface area (Å²) in [4.78, 5) is 0. The molecular weight excluding hydrogens is 194 g/mol. The topological polar surface area (TPSA) is 61.7 Å². The van der Waals surface area contributed by atoms with Gasteiger partial charge in [-0.25, -0.2) is 0 Å². The quantitative estimate of drug-likeness (QED) is 0.592. The Hall–Kier alpha value is -0.160. The minimum atomic E-state index is -0.436. The zero-order valence-corrected chi connectivity index (χ0v) is 9.75. The maximum Gasteiger partial charge on any atom is 0.0779 e. The predicted molar refractivity (Wildman–Crippen MR) is 58.7 cm³/mol. The second-order valence-electron chi connectivity index (χ2n) is 5.13. The van der Waals surface area contributed by atoms with Crippen molar-refractivity contribution in [3.05, 3.63) is 0 Å². The van der Waals surface area contributed by atoms with E-state index in [-0.39, 0.29) is 18.8 Å². The van der Waals surface area contributed by atoms with Crippen LogP contribution in [0.25, 0.3) is 0 Å². The lowest BCUT2D eigenvalue weighted by molar-refractivity contribution is 0.0133. The minimum Gasteiger partial charge on any atom is -0.396 e. The van der Waals surface area contributed by atoms with Crippen LogP contribution >= 0.6 is 0 Å². The van der Waals surface area contributed by atoms with Crippen molar-refractivity contribution in [1.82, 2.24) is 5.32 Å². The van der Waals surface area contributed by atoms with Crippen LogP contribution < -0.4 is 5.32 Å². The molecule has 1 rings (SSSR count). The van der Waals surface area contributed by atoms with Crippen LogP contribution in [0.1, 0.15) is 26.7 Å². The third-order valence-corrected chi connectivity index (χ3v) is 3.11. The molecule has 0 amide bonds. The van der Waals surface area contributed by atoms with Gasteiger partial charge in [0.05, 0.1) is 18.8 Å². The Morgan fingerprint density at radius 2 is 2.07 bits per heavy atom. The summed E-state index contributed by atoms with van der Waals surface area (Å²) in [6.07, 6.45) is 2.20. The fourth-order valence-corrected chi connectivity index (χ4v) is 1.77. The van der Waals surface area contributed by atoms with Gasteiger partial charge in [-0.3, -0.25) is 0 Å². The van der Waals surface area contributed by atoms with E-state index in [1.54, 1.807) is 0 Å². The van der Waals surface area contributed by atoms with E-state index >= 15 is 0 Å². The van der Waals surface area contributed by atoms with E-state index in [0.717, 1.165) is 26.0 Å². The van der Waals surface area contributed by atoms with Gasteiger partial charge in [-0.05, 0) is 19.8 Å². The van der Waals surface area contributed by atoms with Gasteiger partial charge in [0.15, 0.2) is 0 Å². The number of hydrogen-bond donors (Lipinski definition) is 3. The molecule has 4 nitrogen and oxygen atoms in total. The van der Waals surface area contributed by atoms with Crippen LogP contribution in [0, 0.1) is 5.41 Å². The molecular formula is C11H23NO3. The SMILES string of the molecule is CC(CO)(CO)CNCC1(C)CCCO1. The minimum absolute atomic E-state index is 0.00588. The Bertz CT molecular complexity index is 182. The zero-order chi connectivity index (χ0) is 11.4. The molecule has 3 N–H and O–H groups in total. The van der Waals surface area contributed by atoms with Crippen LogP contribution in [0.3, 0.4) is 0 Å². The second-order valence-corrected chi connectivity index (χ2v) is 5.13. The highest BCUT2D eigenvalue weighted by atomic mass is 16.5. The molecule has 0 bridgehead atoms. The monoisotopic (exact) mass is 217 g/mol. The van der Waals surface area contributed by atoms with Gasteiger partial charge >= 0.3 is 0 Å².